The van der Waals surface area contributed by atoms with Crippen LogP contribution in [0, 0.1) is 0 Å². The highest BCUT2D eigenvalue weighted by Crippen LogP contribution is 2.31. The number of amides is 1. The summed E-state index contributed by atoms with van der Waals surface area (Å²) < 4.78 is 5.71. The largest absolute Gasteiger partial charge is 0.385 e. The number of thiocarbonyl (C=S) groups is 1. The van der Waals surface area contributed by atoms with Crippen molar-refractivity contribution in [2.24, 2.45) is 0 Å². The van der Waals surface area contributed by atoms with Gasteiger partial charge in [-0.05, 0) is 18.6 Å². The molecule has 27 heavy (non-hydrogen) atoms. The molecule has 3 rings (SSSR count). The Balaban J connectivity index is 1.45. The molecule has 0 spiro atoms. The van der Waals surface area contributed by atoms with E-state index in [0.717, 1.165) is 56.2 Å². The van der Waals surface area contributed by atoms with E-state index < -0.39 is 0 Å². The molecule has 1 aromatic rings. The number of aromatic nitrogens is 1. The van der Waals surface area contributed by atoms with Crippen molar-refractivity contribution in [2.45, 2.75) is 12.8 Å². The van der Waals surface area contributed by atoms with Gasteiger partial charge >= 0.3 is 0 Å². The summed E-state index contributed by atoms with van der Waals surface area (Å²) in [4.78, 5) is 24.1. The topological polar surface area (TPSA) is 48.9 Å². The molecule has 3 heterocycles. The summed E-state index contributed by atoms with van der Waals surface area (Å²) in [6, 6.07) is 6.05. The van der Waals surface area contributed by atoms with Gasteiger partial charge in [-0.2, -0.15) is 0 Å². The van der Waals surface area contributed by atoms with E-state index in [0.29, 0.717) is 17.5 Å². The molecule has 2 saturated heterocycles. The van der Waals surface area contributed by atoms with Gasteiger partial charge in [0.25, 0.3) is 5.91 Å². The molecule has 0 saturated carbocycles. The summed E-state index contributed by atoms with van der Waals surface area (Å²) in [5.74, 6) is 0.0266. The zero-order valence-electron chi connectivity index (χ0n) is 15.7. The quantitative estimate of drug-likeness (QED) is 0.372. The third-order valence-electron chi connectivity index (χ3n) is 4.72. The molecule has 8 heteroatoms. The third kappa shape index (κ3) is 5.75. The van der Waals surface area contributed by atoms with Gasteiger partial charge in [0.1, 0.15) is 4.32 Å². The molecule has 0 unspecified atom stereocenters. The van der Waals surface area contributed by atoms with Crippen LogP contribution in [-0.2, 0) is 16.0 Å². The average molecular weight is 407 g/mol. The van der Waals surface area contributed by atoms with E-state index in [1.807, 2.05) is 24.5 Å². The van der Waals surface area contributed by atoms with E-state index in [1.54, 1.807) is 12.0 Å². The number of methoxy groups -OCH3 is 1. The molecule has 2 aliphatic heterocycles. The van der Waals surface area contributed by atoms with Gasteiger partial charge in [0.15, 0.2) is 0 Å². The van der Waals surface area contributed by atoms with Crippen molar-refractivity contribution in [3.05, 3.63) is 41.2 Å². The van der Waals surface area contributed by atoms with Crippen LogP contribution in [0.3, 0.4) is 0 Å². The average Bonchev–Trinajstić information content (AvgIpc) is 2.96. The third-order valence-corrected chi connectivity index (χ3v) is 6.09. The SMILES string of the molecule is COCCCN1C(=O)/C(=C\N2CCN(CCc3ccccn3)CC2)SC1=S. The highest BCUT2D eigenvalue weighted by molar-refractivity contribution is 8.26. The van der Waals surface area contributed by atoms with Gasteiger partial charge in [-0.15, -0.1) is 0 Å². The Hall–Kier alpha value is -1.48. The van der Waals surface area contributed by atoms with Crippen LogP contribution in [0.15, 0.2) is 35.5 Å². The second-order valence-corrected chi connectivity index (χ2v) is 8.29. The van der Waals surface area contributed by atoms with Crippen molar-refractivity contribution in [3.63, 3.8) is 0 Å². The number of pyridine rings is 1. The van der Waals surface area contributed by atoms with Crippen molar-refractivity contribution in [3.8, 4) is 0 Å². The van der Waals surface area contributed by atoms with Crippen molar-refractivity contribution in [2.75, 3.05) is 53.0 Å². The number of carbonyl (C=O) groups is 1. The van der Waals surface area contributed by atoms with Crippen LogP contribution in [0.1, 0.15) is 12.1 Å². The molecule has 0 radical (unpaired) electrons. The zero-order chi connectivity index (χ0) is 19.1. The van der Waals surface area contributed by atoms with Crippen LogP contribution in [-0.4, -0.2) is 82.9 Å². The fraction of sp³-hybridized carbons (Fsp3) is 0.526. The van der Waals surface area contributed by atoms with E-state index >= 15 is 0 Å². The number of carbonyl (C=O) groups excluding carboxylic acids is 1. The second-order valence-electron chi connectivity index (χ2n) is 6.61. The molecular weight excluding hydrogens is 380 g/mol. The molecule has 6 nitrogen and oxygen atoms in total. The Bertz CT molecular complexity index is 676. The van der Waals surface area contributed by atoms with Crippen LogP contribution in [0.4, 0.5) is 0 Å². The maximum Gasteiger partial charge on any atom is 0.267 e. The fourth-order valence-electron chi connectivity index (χ4n) is 3.15. The predicted octanol–water partition coefficient (Wildman–Crippen LogP) is 1.98. The molecule has 1 aromatic heterocycles. The summed E-state index contributed by atoms with van der Waals surface area (Å²) >= 11 is 6.77. The van der Waals surface area contributed by atoms with Gasteiger partial charge in [-0.3, -0.25) is 19.6 Å². The molecule has 0 bridgehead atoms. The van der Waals surface area contributed by atoms with E-state index in [4.69, 9.17) is 17.0 Å². The molecule has 146 valence electrons. The van der Waals surface area contributed by atoms with Crippen molar-refractivity contribution >= 4 is 34.2 Å². The number of piperazine rings is 1. The van der Waals surface area contributed by atoms with Crippen LogP contribution in [0.25, 0.3) is 0 Å². The van der Waals surface area contributed by atoms with Crippen LogP contribution >= 0.6 is 24.0 Å². The first kappa shape index (κ1) is 20.3. The molecule has 0 N–H and O–H groups in total. The molecule has 1 amide bonds. The maximum atomic E-state index is 12.6. The maximum absolute atomic E-state index is 12.6. The van der Waals surface area contributed by atoms with Gasteiger partial charge in [0.05, 0.1) is 4.91 Å². The Labute approximate surface area is 170 Å². The Morgan fingerprint density at radius 3 is 2.78 bits per heavy atom. The van der Waals surface area contributed by atoms with E-state index in [-0.39, 0.29) is 5.91 Å². The fourth-order valence-corrected chi connectivity index (χ4v) is 4.47. The van der Waals surface area contributed by atoms with Gasteiger partial charge in [0, 0.05) is 77.5 Å². The van der Waals surface area contributed by atoms with Crippen LogP contribution in [0.2, 0.25) is 0 Å². The number of rotatable bonds is 8. The van der Waals surface area contributed by atoms with Gasteiger partial charge < -0.3 is 9.64 Å². The number of ether oxygens (including phenoxy) is 1. The van der Waals surface area contributed by atoms with E-state index in [1.165, 1.54) is 11.8 Å². The predicted molar refractivity (Wildman–Crippen MR) is 112 cm³/mol. The molecule has 0 aliphatic carbocycles. The summed E-state index contributed by atoms with van der Waals surface area (Å²) in [6.45, 7) is 6.13. The monoisotopic (exact) mass is 406 g/mol. The first-order chi connectivity index (χ1) is 13.2. The van der Waals surface area contributed by atoms with Gasteiger partial charge in [-0.25, -0.2) is 0 Å². The Kier molecular flexibility index (Phi) is 7.63. The Morgan fingerprint density at radius 2 is 2.07 bits per heavy atom. The highest BCUT2D eigenvalue weighted by Gasteiger charge is 2.32. The van der Waals surface area contributed by atoms with Crippen LogP contribution in [0.5, 0.6) is 0 Å². The molecule has 0 atom stereocenters. The minimum absolute atomic E-state index is 0.0266. The van der Waals surface area contributed by atoms with Crippen LogP contribution < -0.4 is 0 Å². The van der Waals surface area contributed by atoms with Crippen molar-refractivity contribution in [1.82, 2.24) is 19.7 Å². The molecule has 0 aromatic carbocycles. The van der Waals surface area contributed by atoms with Gasteiger partial charge in [0.2, 0.25) is 0 Å². The standard InChI is InChI=1S/C19H26N4O2S2/c1-25-14-4-8-23-18(24)17(27-19(23)26)15-22-12-10-21(11-13-22)9-6-16-5-2-3-7-20-16/h2-3,5,7,15H,4,6,8-14H2,1H3/b17-15+. The molecular formula is C19H26N4O2S2. The summed E-state index contributed by atoms with van der Waals surface area (Å²) in [6.07, 6.45) is 5.61. The van der Waals surface area contributed by atoms with Crippen molar-refractivity contribution in [1.29, 1.82) is 0 Å². The zero-order valence-corrected chi connectivity index (χ0v) is 17.3. The first-order valence-corrected chi connectivity index (χ1v) is 10.5. The summed E-state index contributed by atoms with van der Waals surface area (Å²) in [5.41, 5.74) is 1.14. The number of nitrogens with zero attached hydrogens (tertiary/aromatic N) is 4. The van der Waals surface area contributed by atoms with Crippen molar-refractivity contribution < 1.29 is 9.53 Å². The smallest absolute Gasteiger partial charge is 0.267 e. The lowest BCUT2D eigenvalue weighted by molar-refractivity contribution is -0.122. The minimum Gasteiger partial charge on any atom is -0.385 e. The summed E-state index contributed by atoms with van der Waals surface area (Å²) in [7, 11) is 1.67. The molecule has 2 aliphatic rings. The molecule has 2 fully saturated rings. The number of thioether (sulfide) groups is 1. The summed E-state index contributed by atoms with van der Waals surface area (Å²) in [5, 5.41) is 0. The normalized spacial score (nSPS) is 20.1. The number of hydrogen-bond acceptors (Lipinski definition) is 7. The first-order valence-electron chi connectivity index (χ1n) is 9.28. The van der Waals surface area contributed by atoms with E-state index in [2.05, 4.69) is 20.9 Å². The Morgan fingerprint density at radius 1 is 1.26 bits per heavy atom. The highest BCUT2D eigenvalue weighted by atomic mass is 32.2. The lowest BCUT2D eigenvalue weighted by Gasteiger charge is -2.34. The minimum atomic E-state index is 0.0266. The number of hydrogen-bond donors (Lipinski definition) is 0. The lowest BCUT2D eigenvalue weighted by Crippen LogP contribution is -2.45. The second kappa shape index (κ2) is 10.2. The van der Waals surface area contributed by atoms with Gasteiger partial charge in [-0.1, -0.05) is 30.0 Å². The van der Waals surface area contributed by atoms with E-state index in [9.17, 15) is 4.79 Å². The lowest BCUT2D eigenvalue weighted by atomic mass is 10.2.